The lowest BCUT2D eigenvalue weighted by atomic mass is 10.1. The molecule has 1 unspecified atom stereocenters. The zero-order valence-electron chi connectivity index (χ0n) is 10.7. The van der Waals surface area contributed by atoms with Crippen LogP contribution in [0.4, 0.5) is 0 Å². The van der Waals surface area contributed by atoms with Gasteiger partial charge in [-0.15, -0.1) is 0 Å². The molecule has 0 aliphatic heterocycles. The normalized spacial score (nSPS) is 12.8. The molecule has 0 spiro atoms. The summed E-state index contributed by atoms with van der Waals surface area (Å²) < 4.78 is 2.04. The molecule has 16 heavy (non-hydrogen) atoms. The van der Waals surface area contributed by atoms with Crippen molar-refractivity contribution in [3.63, 3.8) is 0 Å². The standard InChI is InChI=1S/C12H22N4/c1-5-10(7-12(13)14)16-9(4)11(6-2)8(3)15-16/h10H,5-7H2,1-4H3,(H3,13,14). The van der Waals surface area contributed by atoms with Crippen LogP contribution in [0.5, 0.6) is 0 Å². The molecule has 1 aromatic heterocycles. The second kappa shape index (κ2) is 5.14. The van der Waals surface area contributed by atoms with Gasteiger partial charge in [-0.1, -0.05) is 13.8 Å². The number of nitrogens with two attached hydrogens (primary N) is 1. The van der Waals surface area contributed by atoms with E-state index in [4.69, 9.17) is 11.1 Å². The molecule has 1 atom stereocenters. The van der Waals surface area contributed by atoms with Crippen molar-refractivity contribution in [1.82, 2.24) is 9.78 Å². The molecule has 0 saturated heterocycles. The number of aromatic nitrogens is 2. The van der Waals surface area contributed by atoms with Gasteiger partial charge in [0.1, 0.15) is 0 Å². The van der Waals surface area contributed by atoms with Crippen molar-refractivity contribution < 1.29 is 0 Å². The van der Waals surface area contributed by atoms with Crippen LogP contribution in [-0.2, 0) is 6.42 Å². The smallest absolute Gasteiger partial charge is 0.0926 e. The summed E-state index contributed by atoms with van der Waals surface area (Å²) in [5.74, 6) is 0.234. The van der Waals surface area contributed by atoms with Crippen molar-refractivity contribution in [3.8, 4) is 0 Å². The molecule has 4 heteroatoms. The van der Waals surface area contributed by atoms with E-state index in [0.717, 1.165) is 18.5 Å². The molecule has 0 amide bonds. The zero-order valence-corrected chi connectivity index (χ0v) is 10.7. The van der Waals surface area contributed by atoms with Gasteiger partial charge in [-0.3, -0.25) is 10.1 Å². The maximum atomic E-state index is 7.39. The molecule has 3 N–H and O–H groups in total. The van der Waals surface area contributed by atoms with Crippen LogP contribution >= 0.6 is 0 Å². The SMILES string of the molecule is CCc1c(C)nn(C(CC)CC(=N)N)c1C. The first-order valence-electron chi connectivity index (χ1n) is 5.88. The number of rotatable bonds is 5. The molecule has 0 fully saturated rings. The highest BCUT2D eigenvalue weighted by Crippen LogP contribution is 2.22. The molecule has 1 heterocycles. The van der Waals surface area contributed by atoms with Crippen LogP contribution in [0.25, 0.3) is 0 Å². The number of nitrogens with zero attached hydrogens (tertiary/aromatic N) is 2. The fourth-order valence-electron chi connectivity index (χ4n) is 2.22. The van der Waals surface area contributed by atoms with E-state index in [1.165, 1.54) is 11.3 Å². The summed E-state index contributed by atoms with van der Waals surface area (Å²) in [4.78, 5) is 0. The van der Waals surface area contributed by atoms with Crippen LogP contribution in [0.2, 0.25) is 0 Å². The minimum atomic E-state index is 0.219. The summed E-state index contributed by atoms with van der Waals surface area (Å²) in [6.07, 6.45) is 2.54. The van der Waals surface area contributed by atoms with Crippen molar-refractivity contribution >= 4 is 5.84 Å². The molecule has 0 radical (unpaired) electrons. The van der Waals surface area contributed by atoms with Gasteiger partial charge in [0.25, 0.3) is 0 Å². The summed E-state index contributed by atoms with van der Waals surface area (Å²) in [5.41, 5.74) is 9.11. The van der Waals surface area contributed by atoms with Gasteiger partial charge in [0.2, 0.25) is 0 Å². The molecule has 90 valence electrons. The van der Waals surface area contributed by atoms with Crippen molar-refractivity contribution in [1.29, 1.82) is 5.41 Å². The van der Waals surface area contributed by atoms with Gasteiger partial charge < -0.3 is 5.73 Å². The Kier molecular flexibility index (Phi) is 4.10. The predicted molar refractivity (Wildman–Crippen MR) is 66.9 cm³/mol. The van der Waals surface area contributed by atoms with E-state index in [-0.39, 0.29) is 11.9 Å². The molecule has 0 aliphatic rings. The topological polar surface area (TPSA) is 67.7 Å². The zero-order chi connectivity index (χ0) is 12.3. The van der Waals surface area contributed by atoms with Gasteiger partial charge in [-0.25, -0.2) is 0 Å². The average molecular weight is 222 g/mol. The molecule has 0 saturated carbocycles. The van der Waals surface area contributed by atoms with Crippen LogP contribution in [0.3, 0.4) is 0 Å². The second-order valence-corrected chi connectivity index (χ2v) is 4.24. The molecule has 1 aromatic rings. The van der Waals surface area contributed by atoms with E-state index in [9.17, 15) is 0 Å². The van der Waals surface area contributed by atoms with E-state index in [1.54, 1.807) is 0 Å². The fraction of sp³-hybridized carbons (Fsp3) is 0.667. The van der Waals surface area contributed by atoms with Crippen molar-refractivity contribution in [2.75, 3.05) is 0 Å². The van der Waals surface area contributed by atoms with Crippen molar-refractivity contribution in [2.45, 2.75) is 53.0 Å². The van der Waals surface area contributed by atoms with Crippen LogP contribution in [0, 0.1) is 19.3 Å². The Hall–Kier alpha value is -1.32. The maximum absolute atomic E-state index is 7.39. The van der Waals surface area contributed by atoms with Crippen LogP contribution in [0.15, 0.2) is 0 Å². The molecular weight excluding hydrogens is 200 g/mol. The molecule has 4 nitrogen and oxygen atoms in total. The summed E-state index contributed by atoms with van der Waals surface area (Å²) >= 11 is 0. The molecule has 0 aliphatic carbocycles. The Labute approximate surface area is 97.3 Å². The minimum Gasteiger partial charge on any atom is -0.388 e. The maximum Gasteiger partial charge on any atom is 0.0926 e. The lowest BCUT2D eigenvalue weighted by molar-refractivity contribution is 0.441. The third kappa shape index (κ3) is 2.43. The first kappa shape index (κ1) is 12.7. The van der Waals surface area contributed by atoms with Gasteiger partial charge in [-0.05, 0) is 32.3 Å². The summed E-state index contributed by atoms with van der Waals surface area (Å²) in [7, 11) is 0. The Balaban J connectivity index is 3.05. The summed E-state index contributed by atoms with van der Waals surface area (Å²) in [6, 6.07) is 0.219. The lowest BCUT2D eigenvalue weighted by Gasteiger charge is -2.16. The predicted octanol–water partition coefficient (Wildman–Crippen LogP) is 2.34. The Morgan fingerprint density at radius 3 is 2.44 bits per heavy atom. The van der Waals surface area contributed by atoms with Crippen molar-refractivity contribution in [2.24, 2.45) is 5.73 Å². The Morgan fingerprint density at radius 1 is 1.44 bits per heavy atom. The van der Waals surface area contributed by atoms with Crippen molar-refractivity contribution in [3.05, 3.63) is 17.0 Å². The van der Waals surface area contributed by atoms with Crippen LogP contribution in [-0.4, -0.2) is 15.6 Å². The fourth-order valence-corrected chi connectivity index (χ4v) is 2.22. The van der Waals surface area contributed by atoms with E-state index in [0.29, 0.717) is 6.42 Å². The lowest BCUT2D eigenvalue weighted by Crippen LogP contribution is -2.20. The molecule has 1 rings (SSSR count). The third-order valence-electron chi connectivity index (χ3n) is 3.10. The first-order chi connectivity index (χ1) is 7.51. The van der Waals surface area contributed by atoms with Gasteiger partial charge >= 0.3 is 0 Å². The quantitative estimate of drug-likeness (QED) is 0.593. The number of amidine groups is 1. The van der Waals surface area contributed by atoms with Gasteiger partial charge in [0, 0.05) is 12.1 Å². The first-order valence-corrected chi connectivity index (χ1v) is 5.88. The molecular formula is C12H22N4. The van der Waals surface area contributed by atoms with Gasteiger partial charge in [0.05, 0.1) is 17.6 Å². The summed E-state index contributed by atoms with van der Waals surface area (Å²) in [5, 5.41) is 12.0. The van der Waals surface area contributed by atoms with Gasteiger partial charge in [0.15, 0.2) is 0 Å². The van der Waals surface area contributed by atoms with E-state index >= 15 is 0 Å². The average Bonchev–Trinajstić information content (AvgIpc) is 2.50. The number of nitrogens with one attached hydrogen (secondary N) is 1. The highest BCUT2D eigenvalue weighted by Gasteiger charge is 2.17. The van der Waals surface area contributed by atoms with E-state index < -0.39 is 0 Å². The van der Waals surface area contributed by atoms with E-state index in [1.807, 2.05) is 11.6 Å². The largest absolute Gasteiger partial charge is 0.388 e. The van der Waals surface area contributed by atoms with Crippen LogP contribution in [0.1, 0.15) is 49.7 Å². The monoisotopic (exact) mass is 222 g/mol. The van der Waals surface area contributed by atoms with E-state index in [2.05, 4.69) is 25.9 Å². The number of hydrogen-bond acceptors (Lipinski definition) is 2. The molecule has 0 bridgehead atoms. The third-order valence-corrected chi connectivity index (χ3v) is 3.10. The highest BCUT2D eigenvalue weighted by molar-refractivity contribution is 5.77. The second-order valence-electron chi connectivity index (χ2n) is 4.24. The number of aryl methyl sites for hydroxylation is 1. The molecule has 0 aromatic carbocycles. The Bertz CT molecular complexity index is 379. The van der Waals surface area contributed by atoms with Gasteiger partial charge in [-0.2, -0.15) is 5.10 Å². The Morgan fingerprint density at radius 2 is 2.06 bits per heavy atom. The van der Waals surface area contributed by atoms with Crippen LogP contribution < -0.4 is 5.73 Å². The summed E-state index contributed by atoms with van der Waals surface area (Å²) in [6.45, 7) is 8.40. The highest BCUT2D eigenvalue weighted by atomic mass is 15.3. The number of hydrogen-bond donors (Lipinski definition) is 2. The minimum absolute atomic E-state index is 0.219.